The highest BCUT2D eigenvalue weighted by Crippen LogP contribution is 2.21. The van der Waals surface area contributed by atoms with Crippen molar-refractivity contribution in [1.29, 1.82) is 0 Å². The summed E-state index contributed by atoms with van der Waals surface area (Å²) in [5.41, 5.74) is 5.80. The predicted octanol–water partition coefficient (Wildman–Crippen LogP) is 4.41. The van der Waals surface area contributed by atoms with Crippen LogP contribution in [0.25, 0.3) is 10.2 Å². The fraction of sp³-hybridized carbons (Fsp3) is 0.300. The van der Waals surface area contributed by atoms with Crippen molar-refractivity contribution in [2.24, 2.45) is 0 Å². The fourth-order valence-electron chi connectivity index (χ4n) is 2.96. The predicted molar refractivity (Wildman–Crippen MR) is 105 cm³/mol. The molecular weight excluding hydrogens is 330 g/mol. The maximum Gasteiger partial charge on any atom is 0.253 e. The molecule has 1 heterocycles. The first-order chi connectivity index (χ1) is 12.1. The van der Waals surface area contributed by atoms with Crippen molar-refractivity contribution in [3.05, 3.63) is 59.1 Å². The zero-order chi connectivity index (χ0) is 17.8. The Morgan fingerprint density at radius 3 is 2.48 bits per heavy atom. The van der Waals surface area contributed by atoms with E-state index in [9.17, 15) is 4.79 Å². The number of carbonyl (C=O) groups excluding carboxylic acids is 1. The molecule has 0 atom stereocenters. The summed E-state index contributed by atoms with van der Waals surface area (Å²) in [4.78, 5) is 21.0. The number of hydrogen-bond acceptors (Lipinski definition) is 4. The molecule has 3 aromatic rings. The molecule has 0 spiro atoms. The van der Waals surface area contributed by atoms with Gasteiger partial charge in [0.25, 0.3) is 5.91 Å². The van der Waals surface area contributed by atoms with Gasteiger partial charge in [-0.2, -0.15) is 0 Å². The lowest BCUT2D eigenvalue weighted by atomic mass is 10.1. The molecule has 0 bridgehead atoms. The van der Waals surface area contributed by atoms with E-state index in [1.54, 1.807) is 21.7 Å². The number of anilines is 1. The van der Waals surface area contributed by atoms with Crippen LogP contribution in [0.5, 0.6) is 0 Å². The summed E-state index contributed by atoms with van der Waals surface area (Å²) >= 11 is 1.56. The van der Waals surface area contributed by atoms with Crippen LogP contribution in [-0.2, 0) is 6.54 Å². The molecule has 0 aliphatic rings. The normalized spacial score (nSPS) is 10.8. The van der Waals surface area contributed by atoms with Gasteiger partial charge in [-0.3, -0.25) is 4.79 Å². The third-order valence-corrected chi connectivity index (χ3v) is 5.20. The largest absolute Gasteiger partial charge is 0.372 e. The van der Waals surface area contributed by atoms with E-state index in [-0.39, 0.29) is 5.91 Å². The Bertz CT molecular complexity index is 853. The SMILES string of the molecule is CCN(CC)c1ccc(CN(C)C(=O)c2ccc3ncsc3c2)cc1. The monoisotopic (exact) mass is 353 g/mol. The van der Waals surface area contributed by atoms with Crippen molar-refractivity contribution in [3.63, 3.8) is 0 Å². The lowest BCUT2D eigenvalue weighted by Crippen LogP contribution is -2.26. The van der Waals surface area contributed by atoms with Gasteiger partial charge in [0, 0.05) is 37.9 Å². The number of fused-ring (bicyclic) bond motifs is 1. The van der Waals surface area contributed by atoms with E-state index in [0.29, 0.717) is 12.1 Å². The maximum atomic E-state index is 12.7. The first kappa shape index (κ1) is 17.4. The molecule has 25 heavy (non-hydrogen) atoms. The average Bonchev–Trinajstić information content (AvgIpc) is 3.11. The number of thiazole rings is 1. The number of benzene rings is 2. The number of hydrogen-bond donors (Lipinski definition) is 0. The summed E-state index contributed by atoms with van der Waals surface area (Å²) in [6.45, 7) is 6.90. The Morgan fingerprint density at radius 1 is 1.08 bits per heavy atom. The molecule has 3 rings (SSSR count). The van der Waals surface area contributed by atoms with Gasteiger partial charge < -0.3 is 9.80 Å². The van der Waals surface area contributed by atoms with Gasteiger partial charge in [-0.25, -0.2) is 4.98 Å². The van der Waals surface area contributed by atoms with E-state index in [1.165, 1.54) is 5.69 Å². The van der Waals surface area contributed by atoms with Gasteiger partial charge in [-0.15, -0.1) is 11.3 Å². The topological polar surface area (TPSA) is 36.4 Å². The second kappa shape index (κ2) is 7.66. The molecule has 2 aromatic carbocycles. The zero-order valence-corrected chi connectivity index (χ0v) is 15.7. The summed E-state index contributed by atoms with van der Waals surface area (Å²) < 4.78 is 1.04. The van der Waals surface area contributed by atoms with Crippen LogP contribution in [0.4, 0.5) is 5.69 Å². The molecule has 0 aliphatic heterocycles. The van der Waals surface area contributed by atoms with Crippen molar-refractivity contribution in [3.8, 4) is 0 Å². The lowest BCUT2D eigenvalue weighted by Gasteiger charge is -2.22. The van der Waals surface area contributed by atoms with Gasteiger partial charge >= 0.3 is 0 Å². The highest BCUT2D eigenvalue weighted by molar-refractivity contribution is 7.16. The number of carbonyl (C=O) groups is 1. The van der Waals surface area contributed by atoms with Crippen LogP contribution < -0.4 is 4.90 Å². The fourth-order valence-corrected chi connectivity index (χ4v) is 3.67. The van der Waals surface area contributed by atoms with Crippen molar-refractivity contribution < 1.29 is 4.79 Å². The maximum absolute atomic E-state index is 12.7. The summed E-state index contributed by atoms with van der Waals surface area (Å²) in [6, 6.07) is 14.1. The van der Waals surface area contributed by atoms with Gasteiger partial charge in [0.05, 0.1) is 15.7 Å². The van der Waals surface area contributed by atoms with Crippen molar-refractivity contribution in [2.75, 3.05) is 25.0 Å². The smallest absolute Gasteiger partial charge is 0.253 e. The van der Waals surface area contributed by atoms with Crippen molar-refractivity contribution in [2.45, 2.75) is 20.4 Å². The van der Waals surface area contributed by atoms with E-state index in [0.717, 1.165) is 28.9 Å². The molecule has 0 saturated carbocycles. The first-order valence-corrected chi connectivity index (χ1v) is 9.43. The molecule has 5 heteroatoms. The third-order valence-electron chi connectivity index (χ3n) is 4.41. The summed E-state index contributed by atoms with van der Waals surface area (Å²) in [6.07, 6.45) is 0. The van der Waals surface area contributed by atoms with Crippen LogP contribution in [0.2, 0.25) is 0 Å². The average molecular weight is 353 g/mol. The van der Waals surface area contributed by atoms with Crippen LogP contribution in [0, 0.1) is 0 Å². The van der Waals surface area contributed by atoms with E-state index in [4.69, 9.17) is 0 Å². The summed E-state index contributed by atoms with van der Waals surface area (Å²) in [5, 5.41) is 0. The molecule has 0 radical (unpaired) electrons. The summed E-state index contributed by atoms with van der Waals surface area (Å²) in [7, 11) is 1.84. The van der Waals surface area contributed by atoms with Crippen LogP contribution in [0.1, 0.15) is 29.8 Å². The quantitative estimate of drug-likeness (QED) is 0.658. The number of rotatable bonds is 6. The standard InChI is InChI=1S/C20H23N3OS/c1-4-23(5-2)17-9-6-15(7-10-17)13-22(3)20(24)16-8-11-18-19(12-16)25-14-21-18/h6-12,14H,4-5,13H2,1-3H3. The Morgan fingerprint density at radius 2 is 1.80 bits per heavy atom. The van der Waals surface area contributed by atoms with Crippen LogP contribution >= 0.6 is 11.3 Å². The summed E-state index contributed by atoms with van der Waals surface area (Å²) in [5.74, 6) is 0.0307. The minimum atomic E-state index is 0.0307. The van der Waals surface area contributed by atoms with Gasteiger partial charge in [-0.1, -0.05) is 12.1 Å². The second-order valence-corrected chi connectivity index (χ2v) is 6.92. The lowest BCUT2D eigenvalue weighted by molar-refractivity contribution is 0.0785. The Labute approximate surface area is 152 Å². The zero-order valence-electron chi connectivity index (χ0n) is 14.9. The molecule has 130 valence electrons. The van der Waals surface area contributed by atoms with Crippen LogP contribution in [0.15, 0.2) is 48.0 Å². The molecule has 0 aliphatic carbocycles. The molecule has 0 saturated heterocycles. The Hall–Kier alpha value is -2.40. The van der Waals surface area contributed by atoms with E-state index in [2.05, 4.69) is 48.0 Å². The van der Waals surface area contributed by atoms with Crippen LogP contribution in [0.3, 0.4) is 0 Å². The second-order valence-electron chi connectivity index (χ2n) is 6.03. The van der Waals surface area contributed by atoms with Crippen LogP contribution in [-0.4, -0.2) is 35.9 Å². The van der Waals surface area contributed by atoms with Crippen molar-refractivity contribution in [1.82, 2.24) is 9.88 Å². The van der Waals surface area contributed by atoms with Gasteiger partial charge in [0.1, 0.15) is 0 Å². The van der Waals surface area contributed by atoms with Crippen molar-refractivity contribution >= 4 is 33.1 Å². The van der Waals surface area contributed by atoms with Gasteiger partial charge in [-0.05, 0) is 49.7 Å². The minimum Gasteiger partial charge on any atom is -0.372 e. The molecule has 0 N–H and O–H groups in total. The molecule has 1 amide bonds. The first-order valence-electron chi connectivity index (χ1n) is 8.55. The third kappa shape index (κ3) is 3.82. The van der Waals surface area contributed by atoms with Gasteiger partial charge in [0.15, 0.2) is 0 Å². The molecule has 1 aromatic heterocycles. The van der Waals surface area contributed by atoms with E-state index < -0.39 is 0 Å². The number of amides is 1. The number of nitrogens with zero attached hydrogens (tertiary/aromatic N) is 3. The number of aromatic nitrogens is 1. The minimum absolute atomic E-state index is 0.0307. The molecule has 0 fully saturated rings. The molecule has 4 nitrogen and oxygen atoms in total. The molecule has 0 unspecified atom stereocenters. The van der Waals surface area contributed by atoms with E-state index >= 15 is 0 Å². The van der Waals surface area contributed by atoms with E-state index in [1.807, 2.05) is 25.2 Å². The highest BCUT2D eigenvalue weighted by atomic mass is 32.1. The molecular formula is C20H23N3OS. The Kier molecular flexibility index (Phi) is 5.34. The highest BCUT2D eigenvalue weighted by Gasteiger charge is 2.13. The Balaban J connectivity index is 1.70. The van der Waals surface area contributed by atoms with Gasteiger partial charge in [0.2, 0.25) is 0 Å².